The van der Waals surface area contributed by atoms with Crippen molar-refractivity contribution >= 4 is 29.4 Å². The van der Waals surface area contributed by atoms with E-state index in [1.165, 1.54) is 12.3 Å². The number of aryl methyl sites for hydroxylation is 1. The molecule has 1 fully saturated rings. The van der Waals surface area contributed by atoms with Crippen LogP contribution in [0.3, 0.4) is 0 Å². The summed E-state index contributed by atoms with van der Waals surface area (Å²) in [6.45, 7) is 7.18. The molecule has 0 bridgehead atoms. The maximum atomic E-state index is 12.7. The van der Waals surface area contributed by atoms with Crippen LogP contribution in [-0.2, 0) is 4.79 Å². The van der Waals surface area contributed by atoms with Crippen LogP contribution in [0, 0.1) is 23.0 Å². The van der Waals surface area contributed by atoms with Crippen LogP contribution in [-0.4, -0.2) is 42.1 Å². The third-order valence-electron chi connectivity index (χ3n) is 5.83. The van der Waals surface area contributed by atoms with Crippen molar-refractivity contribution in [2.24, 2.45) is 11.0 Å². The lowest BCUT2D eigenvalue weighted by atomic mass is 10.0. The van der Waals surface area contributed by atoms with Crippen LogP contribution in [0.2, 0.25) is 0 Å². The number of amides is 2. The molecule has 1 saturated heterocycles. The van der Waals surface area contributed by atoms with Gasteiger partial charge in [0.25, 0.3) is 17.5 Å². The highest BCUT2D eigenvalue weighted by molar-refractivity contribution is 5.97. The number of rotatable bonds is 8. The van der Waals surface area contributed by atoms with Crippen molar-refractivity contribution in [3.8, 4) is 0 Å². The first-order valence-electron chi connectivity index (χ1n) is 11.5. The quantitative estimate of drug-likeness (QED) is 0.349. The van der Waals surface area contributed by atoms with E-state index in [4.69, 9.17) is 0 Å². The van der Waals surface area contributed by atoms with Gasteiger partial charge in [0.1, 0.15) is 11.7 Å². The summed E-state index contributed by atoms with van der Waals surface area (Å²) in [5.74, 6) is -0.984. The first-order valence-corrected chi connectivity index (χ1v) is 11.5. The van der Waals surface area contributed by atoms with Crippen LogP contribution in [0.25, 0.3) is 0 Å². The number of hydrogen-bond acceptors (Lipinski definition) is 6. The predicted molar refractivity (Wildman–Crippen MR) is 132 cm³/mol. The molecule has 1 aliphatic rings. The Morgan fingerprint density at radius 2 is 1.76 bits per heavy atom. The number of nitrogens with one attached hydrogen (secondary N) is 2. The summed E-state index contributed by atoms with van der Waals surface area (Å²) in [5, 5.41) is 18.3. The van der Waals surface area contributed by atoms with E-state index in [9.17, 15) is 19.7 Å². The molecular weight excluding hydrogens is 434 g/mol. The van der Waals surface area contributed by atoms with E-state index in [0.29, 0.717) is 16.8 Å². The summed E-state index contributed by atoms with van der Waals surface area (Å²) in [6, 6.07) is 11.2. The molecule has 180 valence electrons. The van der Waals surface area contributed by atoms with Gasteiger partial charge < -0.3 is 10.2 Å². The lowest BCUT2D eigenvalue weighted by Gasteiger charge is -2.28. The molecule has 2 aromatic rings. The Balaban J connectivity index is 1.66. The van der Waals surface area contributed by atoms with Crippen molar-refractivity contribution < 1.29 is 14.5 Å². The average molecular weight is 466 g/mol. The second-order valence-corrected chi connectivity index (χ2v) is 8.85. The van der Waals surface area contributed by atoms with Gasteiger partial charge in [-0.1, -0.05) is 37.6 Å². The maximum Gasteiger partial charge on any atom is 0.293 e. The highest BCUT2D eigenvalue weighted by Crippen LogP contribution is 2.30. The Kier molecular flexibility index (Phi) is 8.34. The average Bonchev–Trinajstić information content (AvgIpc) is 2.83. The molecule has 2 amide bonds. The molecular formula is C25H31N5O4. The van der Waals surface area contributed by atoms with Gasteiger partial charge in [0, 0.05) is 30.3 Å². The number of benzene rings is 2. The smallest absolute Gasteiger partial charge is 0.293 e. The summed E-state index contributed by atoms with van der Waals surface area (Å²) in [4.78, 5) is 38.5. The predicted octanol–water partition coefficient (Wildman–Crippen LogP) is 3.80. The largest absolute Gasteiger partial charge is 0.366 e. The van der Waals surface area contributed by atoms with Crippen molar-refractivity contribution in [1.29, 1.82) is 0 Å². The fourth-order valence-corrected chi connectivity index (χ4v) is 3.87. The monoisotopic (exact) mass is 465 g/mol. The van der Waals surface area contributed by atoms with Gasteiger partial charge in [0.05, 0.1) is 11.1 Å². The zero-order valence-electron chi connectivity index (χ0n) is 19.8. The van der Waals surface area contributed by atoms with Gasteiger partial charge in [0.2, 0.25) is 0 Å². The molecule has 3 rings (SSSR count). The number of nitrogens with zero attached hydrogens (tertiary/aromatic N) is 3. The Morgan fingerprint density at radius 3 is 2.38 bits per heavy atom. The van der Waals surface area contributed by atoms with Crippen molar-refractivity contribution in [3.05, 3.63) is 69.3 Å². The fourth-order valence-electron chi connectivity index (χ4n) is 3.87. The lowest BCUT2D eigenvalue weighted by Crippen LogP contribution is -2.48. The number of hydrogen-bond donors (Lipinski definition) is 2. The number of anilines is 1. The van der Waals surface area contributed by atoms with Gasteiger partial charge in [-0.25, -0.2) is 5.43 Å². The molecule has 1 heterocycles. The second kappa shape index (κ2) is 11.4. The molecule has 0 saturated carbocycles. The topological polar surface area (TPSA) is 117 Å². The van der Waals surface area contributed by atoms with Crippen LogP contribution >= 0.6 is 0 Å². The molecule has 9 heteroatoms. The van der Waals surface area contributed by atoms with Gasteiger partial charge in [-0.2, -0.15) is 5.10 Å². The van der Waals surface area contributed by atoms with Crippen LogP contribution in [0.4, 0.5) is 11.4 Å². The van der Waals surface area contributed by atoms with E-state index < -0.39 is 16.9 Å². The van der Waals surface area contributed by atoms with Crippen molar-refractivity contribution in [2.45, 2.75) is 46.1 Å². The molecule has 0 aliphatic carbocycles. The lowest BCUT2D eigenvalue weighted by molar-refractivity contribution is -0.384. The van der Waals surface area contributed by atoms with E-state index in [-0.39, 0.29) is 17.5 Å². The Bertz CT molecular complexity index is 1060. The number of nitro benzene ring substituents is 1. The number of carbonyl (C=O) groups excluding carboxylic acids is 2. The minimum Gasteiger partial charge on any atom is -0.366 e. The summed E-state index contributed by atoms with van der Waals surface area (Å²) >= 11 is 0. The van der Waals surface area contributed by atoms with Gasteiger partial charge in [-0.3, -0.25) is 19.7 Å². The van der Waals surface area contributed by atoms with E-state index in [0.717, 1.165) is 37.9 Å². The van der Waals surface area contributed by atoms with Crippen LogP contribution in [0.5, 0.6) is 0 Å². The standard InChI is InChI=1S/C25H31N5O4/c1-17(2)23(27-24(31)20-10-7-18(3)8-11-20)25(32)28-26-16-19-9-12-21(22(15-19)30(33)34)29-13-5-4-6-14-29/h7-12,15-17,23H,4-6,13-14H2,1-3H3,(H,27,31)(H,28,32). The number of piperidine rings is 1. The second-order valence-electron chi connectivity index (χ2n) is 8.85. The third kappa shape index (κ3) is 6.40. The molecule has 1 aliphatic heterocycles. The molecule has 1 unspecified atom stereocenters. The summed E-state index contributed by atoms with van der Waals surface area (Å²) in [5.41, 5.74) is 5.06. The normalized spacial score (nSPS) is 14.8. The van der Waals surface area contributed by atoms with Gasteiger partial charge >= 0.3 is 0 Å². The molecule has 34 heavy (non-hydrogen) atoms. The van der Waals surface area contributed by atoms with Crippen molar-refractivity contribution in [1.82, 2.24) is 10.7 Å². The minimum atomic E-state index is -0.790. The SMILES string of the molecule is Cc1ccc(C(=O)NC(C(=O)NN=Cc2ccc(N3CCCCC3)c([N+](=O)[O-])c2)C(C)C)cc1. The summed E-state index contributed by atoms with van der Waals surface area (Å²) < 4.78 is 0. The van der Waals surface area contributed by atoms with Crippen molar-refractivity contribution in [2.75, 3.05) is 18.0 Å². The molecule has 0 spiro atoms. The number of carbonyl (C=O) groups is 2. The van der Waals surface area contributed by atoms with E-state index in [1.807, 2.05) is 37.8 Å². The minimum absolute atomic E-state index is 0.0163. The van der Waals surface area contributed by atoms with E-state index in [2.05, 4.69) is 15.8 Å². The number of hydrazone groups is 1. The van der Waals surface area contributed by atoms with Crippen LogP contribution in [0.15, 0.2) is 47.6 Å². The molecule has 0 radical (unpaired) electrons. The highest BCUT2D eigenvalue weighted by Gasteiger charge is 2.25. The van der Waals surface area contributed by atoms with Crippen molar-refractivity contribution in [3.63, 3.8) is 0 Å². The Hall–Kier alpha value is -3.75. The first-order chi connectivity index (χ1) is 16.3. The summed E-state index contributed by atoms with van der Waals surface area (Å²) in [6.07, 6.45) is 4.54. The van der Waals surface area contributed by atoms with Crippen LogP contribution < -0.4 is 15.6 Å². The van der Waals surface area contributed by atoms with Crippen LogP contribution in [0.1, 0.15) is 54.6 Å². The van der Waals surface area contributed by atoms with Gasteiger partial charge in [-0.05, 0) is 50.3 Å². The van der Waals surface area contributed by atoms with E-state index in [1.54, 1.807) is 24.3 Å². The van der Waals surface area contributed by atoms with E-state index >= 15 is 0 Å². The van der Waals surface area contributed by atoms with Gasteiger partial charge in [-0.15, -0.1) is 0 Å². The zero-order valence-corrected chi connectivity index (χ0v) is 19.8. The molecule has 2 N–H and O–H groups in total. The maximum absolute atomic E-state index is 12.7. The molecule has 2 aromatic carbocycles. The zero-order chi connectivity index (χ0) is 24.7. The Labute approximate surface area is 199 Å². The number of nitro groups is 1. The third-order valence-corrected chi connectivity index (χ3v) is 5.83. The molecule has 9 nitrogen and oxygen atoms in total. The highest BCUT2D eigenvalue weighted by atomic mass is 16.6. The summed E-state index contributed by atoms with van der Waals surface area (Å²) in [7, 11) is 0. The fraction of sp³-hybridized carbons (Fsp3) is 0.400. The Morgan fingerprint density at radius 1 is 1.09 bits per heavy atom. The molecule has 0 aromatic heterocycles. The van der Waals surface area contributed by atoms with Gasteiger partial charge in [0.15, 0.2) is 0 Å². The first kappa shape index (κ1) is 24.9. The molecule has 1 atom stereocenters.